The highest BCUT2D eigenvalue weighted by Gasteiger charge is 2.13. The molecule has 3 N–H and O–H groups in total. The number of methoxy groups -OCH3 is 3. The molecule has 0 aromatic carbocycles. The van der Waals surface area contributed by atoms with Crippen LogP contribution in [0, 0.1) is 0 Å². The molecular weight excluding hydrogens is 346 g/mol. The molecule has 10 heteroatoms. The summed E-state index contributed by atoms with van der Waals surface area (Å²) in [6, 6.07) is 0. The number of nitrogens with one attached hydrogen (secondary N) is 3. The third-order valence-corrected chi connectivity index (χ3v) is 9.56. The normalized spacial score (nSPS) is 33.1. The summed E-state index contributed by atoms with van der Waals surface area (Å²) in [5, 5.41) is 0. The van der Waals surface area contributed by atoms with Crippen LogP contribution in [-0.4, -0.2) is 98.2 Å². The Balaban J connectivity index is 0.000000294. The lowest BCUT2D eigenvalue weighted by Gasteiger charge is -2.00. The highest BCUT2D eigenvalue weighted by atomic mass is 28.2. The number of rotatable bonds is 3. The van der Waals surface area contributed by atoms with Gasteiger partial charge in [0.1, 0.15) is 29.0 Å². The summed E-state index contributed by atoms with van der Waals surface area (Å²) < 4.78 is 15.3. The Labute approximate surface area is 146 Å². The van der Waals surface area contributed by atoms with Gasteiger partial charge in [-0.1, -0.05) is 0 Å². The molecule has 0 aliphatic carbocycles. The van der Waals surface area contributed by atoms with E-state index in [1.165, 1.54) is 38.9 Å². The molecule has 0 aromatic rings. The van der Waals surface area contributed by atoms with Crippen molar-refractivity contribution in [1.82, 2.24) is 14.9 Å². The van der Waals surface area contributed by atoms with E-state index in [2.05, 4.69) is 14.9 Å². The molecule has 22 heavy (non-hydrogen) atoms. The van der Waals surface area contributed by atoms with Gasteiger partial charge in [0.2, 0.25) is 0 Å². The van der Waals surface area contributed by atoms with E-state index in [-0.39, 0.29) is 40.0 Å². The van der Waals surface area contributed by atoms with Crippen LogP contribution in [0.4, 0.5) is 0 Å². The summed E-state index contributed by atoms with van der Waals surface area (Å²) >= 11 is 0. The molecule has 0 radical (unpaired) electrons. The summed E-state index contributed by atoms with van der Waals surface area (Å²) in [6.07, 6.45) is 3.72. The van der Waals surface area contributed by atoms with Gasteiger partial charge >= 0.3 is 0 Å². The molecule has 3 unspecified atom stereocenters. The quantitative estimate of drug-likeness (QED) is 0.428. The van der Waals surface area contributed by atoms with Gasteiger partial charge in [-0.2, -0.15) is 0 Å². The lowest BCUT2D eigenvalue weighted by Crippen LogP contribution is -2.19. The first-order valence-electron chi connectivity index (χ1n) is 8.00. The summed E-state index contributed by atoms with van der Waals surface area (Å²) in [5.41, 5.74) is 1.87. The number of hydrogen-bond donors (Lipinski definition) is 3. The zero-order chi connectivity index (χ0) is 15.3. The third kappa shape index (κ3) is 10.4. The van der Waals surface area contributed by atoms with Crippen molar-refractivity contribution in [3.8, 4) is 0 Å². The molecule has 3 aliphatic heterocycles. The molecule has 3 fully saturated rings. The lowest BCUT2D eigenvalue weighted by molar-refractivity contribution is 0.166. The van der Waals surface area contributed by atoms with E-state index in [1.54, 1.807) is 21.3 Å². The van der Waals surface area contributed by atoms with E-state index in [4.69, 9.17) is 14.2 Å². The van der Waals surface area contributed by atoms with E-state index in [0.29, 0.717) is 17.2 Å². The van der Waals surface area contributed by atoms with Gasteiger partial charge in [-0.25, -0.2) is 0 Å². The van der Waals surface area contributed by atoms with Crippen molar-refractivity contribution in [2.24, 2.45) is 0 Å². The van der Waals surface area contributed by atoms with Crippen LogP contribution in [0.2, 0.25) is 0 Å². The topological polar surface area (TPSA) is 63.8 Å². The zero-order valence-corrected chi connectivity index (χ0v) is 18.1. The standard InChI is InChI=1S/3C4H11NOSi.H4Si/c3*1-6-4-2-3-5-7-4;/h3*4-5H,2-3,7H2,1H3;1H4. The van der Waals surface area contributed by atoms with Crippen LogP contribution in [-0.2, 0) is 14.2 Å². The minimum Gasteiger partial charge on any atom is -0.384 e. The first kappa shape index (κ1) is 22.6. The largest absolute Gasteiger partial charge is 0.384 e. The highest BCUT2D eigenvalue weighted by molar-refractivity contribution is 6.35. The van der Waals surface area contributed by atoms with E-state index in [0.717, 1.165) is 0 Å². The van der Waals surface area contributed by atoms with E-state index in [9.17, 15) is 0 Å². The van der Waals surface area contributed by atoms with Crippen molar-refractivity contribution in [2.75, 3.05) is 41.0 Å². The molecule has 0 saturated carbocycles. The van der Waals surface area contributed by atoms with Crippen LogP contribution in [0.25, 0.3) is 0 Å². The van der Waals surface area contributed by atoms with Crippen molar-refractivity contribution in [1.29, 1.82) is 0 Å². The first-order chi connectivity index (χ1) is 10.3. The van der Waals surface area contributed by atoms with Gasteiger partial charge in [0.05, 0.1) is 17.2 Å². The third-order valence-electron chi connectivity index (χ3n) is 4.05. The van der Waals surface area contributed by atoms with Gasteiger partial charge in [0.25, 0.3) is 0 Å². The molecule has 3 heterocycles. The Bertz CT molecular complexity index is 202. The van der Waals surface area contributed by atoms with Crippen LogP contribution in [0.3, 0.4) is 0 Å². The Morgan fingerprint density at radius 3 is 1.00 bits per heavy atom. The van der Waals surface area contributed by atoms with Gasteiger partial charge < -0.3 is 29.2 Å². The maximum Gasteiger partial charge on any atom is 0.124 e. The summed E-state index contributed by atoms with van der Waals surface area (Å²) in [6.45, 7) is 3.56. The Morgan fingerprint density at radius 1 is 0.636 bits per heavy atom. The lowest BCUT2D eigenvalue weighted by atomic mass is 10.5. The average Bonchev–Trinajstić information content (AvgIpc) is 3.31. The van der Waals surface area contributed by atoms with Gasteiger partial charge in [0.15, 0.2) is 0 Å². The molecule has 0 amide bonds. The predicted octanol–water partition coefficient (Wildman–Crippen LogP) is -4.34. The van der Waals surface area contributed by atoms with Crippen LogP contribution in [0.15, 0.2) is 0 Å². The summed E-state index contributed by atoms with van der Waals surface area (Å²) in [4.78, 5) is 10.0. The molecule has 6 nitrogen and oxygen atoms in total. The molecule has 0 aromatic heterocycles. The van der Waals surface area contributed by atoms with Gasteiger partial charge in [-0.05, 0) is 49.9 Å². The van der Waals surface area contributed by atoms with Crippen LogP contribution in [0.5, 0.6) is 0 Å². The fourth-order valence-electron chi connectivity index (χ4n) is 2.49. The molecule has 3 atom stereocenters. The Kier molecular flexibility index (Phi) is 15.6. The van der Waals surface area contributed by atoms with Crippen molar-refractivity contribution in [2.45, 2.75) is 36.4 Å². The van der Waals surface area contributed by atoms with Crippen LogP contribution in [0.1, 0.15) is 19.3 Å². The Hall–Kier alpha value is 0.628. The second-order valence-electron chi connectivity index (χ2n) is 5.55. The second-order valence-corrected chi connectivity index (χ2v) is 11.0. The fourth-order valence-corrected chi connectivity index (χ4v) is 6.40. The molecule has 3 aliphatic rings. The van der Waals surface area contributed by atoms with E-state index >= 15 is 0 Å². The molecular formula is C12H37N3O3Si4. The predicted molar refractivity (Wildman–Crippen MR) is 107 cm³/mol. The van der Waals surface area contributed by atoms with E-state index < -0.39 is 0 Å². The smallest absolute Gasteiger partial charge is 0.124 e. The number of ether oxygens (including phenoxy) is 3. The van der Waals surface area contributed by atoms with Crippen molar-refractivity contribution >= 4 is 40.0 Å². The second kappa shape index (κ2) is 15.2. The SMILES string of the molecule is COC1CCN[SiH2]1.COC1CCN[SiH2]1.COC1CCN[SiH2]1.[SiH4]. The van der Waals surface area contributed by atoms with Gasteiger partial charge in [-0.3, -0.25) is 0 Å². The molecule has 0 spiro atoms. The Morgan fingerprint density at radius 2 is 0.909 bits per heavy atom. The number of hydrogen-bond acceptors (Lipinski definition) is 6. The maximum atomic E-state index is 5.11. The first-order valence-corrected chi connectivity index (χ1v) is 12.6. The molecule has 3 saturated heterocycles. The zero-order valence-electron chi connectivity index (χ0n) is 13.8. The monoisotopic (exact) mass is 383 g/mol. The summed E-state index contributed by atoms with van der Waals surface area (Å²) in [7, 11) is 5.34. The van der Waals surface area contributed by atoms with E-state index in [1.807, 2.05) is 0 Å². The summed E-state index contributed by atoms with van der Waals surface area (Å²) in [5.74, 6) is 0. The van der Waals surface area contributed by atoms with Crippen LogP contribution >= 0.6 is 0 Å². The minimum atomic E-state index is -0.0150. The van der Waals surface area contributed by atoms with Crippen molar-refractivity contribution < 1.29 is 14.2 Å². The van der Waals surface area contributed by atoms with Crippen molar-refractivity contribution in [3.05, 3.63) is 0 Å². The molecule has 3 rings (SSSR count). The van der Waals surface area contributed by atoms with Gasteiger partial charge in [-0.15, -0.1) is 0 Å². The maximum absolute atomic E-state index is 5.11. The minimum absolute atomic E-state index is 0. The van der Waals surface area contributed by atoms with Crippen molar-refractivity contribution in [3.63, 3.8) is 0 Å². The average molecular weight is 384 g/mol. The highest BCUT2D eigenvalue weighted by Crippen LogP contribution is 1.98. The fraction of sp³-hybridized carbons (Fsp3) is 1.00. The van der Waals surface area contributed by atoms with Gasteiger partial charge in [0, 0.05) is 21.3 Å². The molecule has 0 bridgehead atoms. The van der Waals surface area contributed by atoms with Crippen LogP contribution < -0.4 is 14.9 Å². The molecule has 134 valence electrons.